The van der Waals surface area contributed by atoms with Gasteiger partial charge in [-0.2, -0.15) is 5.10 Å². The number of nitrogens with one attached hydrogen (secondary N) is 3. The summed E-state index contributed by atoms with van der Waals surface area (Å²) in [7, 11) is 0. The Hall–Kier alpha value is -3.10. The van der Waals surface area contributed by atoms with Crippen molar-refractivity contribution >= 4 is 49.9 Å². The van der Waals surface area contributed by atoms with Crippen LogP contribution in [0.4, 0.5) is 4.79 Å². The number of rotatable bonds is 5. The molecule has 5 aromatic rings. The van der Waals surface area contributed by atoms with Gasteiger partial charge in [0.15, 0.2) is 0 Å². The van der Waals surface area contributed by atoms with Crippen LogP contribution in [0.15, 0.2) is 53.2 Å². The highest BCUT2D eigenvalue weighted by molar-refractivity contribution is 7.17. The van der Waals surface area contributed by atoms with Crippen LogP contribution in [0.25, 0.3) is 32.5 Å². The number of carbonyl (C=O) groups excluding carboxylic acids is 1. The third-order valence-electron chi connectivity index (χ3n) is 4.45. The summed E-state index contributed by atoms with van der Waals surface area (Å²) in [6, 6.07) is 13.6. The second kappa shape index (κ2) is 7.14. The Morgan fingerprint density at radius 2 is 2.07 bits per heavy atom. The Morgan fingerprint density at radius 3 is 2.96 bits per heavy atom. The first kappa shape index (κ1) is 17.0. The van der Waals surface area contributed by atoms with E-state index >= 15 is 0 Å². The smallest absolute Gasteiger partial charge is 0.410 e. The van der Waals surface area contributed by atoms with Gasteiger partial charge < -0.3 is 15.0 Å². The first-order chi connectivity index (χ1) is 13.8. The maximum atomic E-state index is 12.0. The fourth-order valence-corrected chi connectivity index (χ4v) is 4.67. The van der Waals surface area contributed by atoms with Crippen LogP contribution in [0.2, 0.25) is 0 Å². The molecule has 0 aliphatic heterocycles. The average Bonchev–Trinajstić information content (AvgIpc) is 3.45. The zero-order valence-corrected chi connectivity index (χ0v) is 16.3. The van der Waals surface area contributed by atoms with E-state index in [2.05, 4.69) is 26.6 Å². The molecule has 6 nitrogen and oxygen atoms in total. The molecule has 0 saturated carbocycles. The predicted octanol–water partition coefficient (Wildman–Crippen LogP) is 5.17. The standard InChI is InChI=1S/C20H16N4O2S2/c25-20(21-7-5-14-2-1-8-27-14)26-13-3-4-15-12(10-13)11-17(22-15)18-19-16(23-24-18)6-9-28-19/h1-4,6,8-11,22H,5,7H2,(H,21,25)(H,23,24). The van der Waals surface area contributed by atoms with Crippen molar-refractivity contribution in [2.45, 2.75) is 6.42 Å². The van der Waals surface area contributed by atoms with Crippen LogP contribution in [0.3, 0.4) is 0 Å². The minimum absolute atomic E-state index is 0.445. The second-order valence-corrected chi connectivity index (χ2v) is 8.26. The van der Waals surface area contributed by atoms with E-state index in [9.17, 15) is 4.79 Å². The summed E-state index contributed by atoms with van der Waals surface area (Å²) in [4.78, 5) is 16.7. The zero-order chi connectivity index (χ0) is 18.9. The number of aromatic amines is 2. The fourth-order valence-electron chi connectivity index (χ4n) is 3.12. The van der Waals surface area contributed by atoms with Crippen LogP contribution in [-0.2, 0) is 6.42 Å². The highest BCUT2D eigenvalue weighted by Gasteiger charge is 2.13. The number of benzene rings is 1. The highest BCUT2D eigenvalue weighted by Crippen LogP contribution is 2.32. The third-order valence-corrected chi connectivity index (χ3v) is 6.30. The molecule has 1 amide bonds. The molecule has 0 aliphatic rings. The van der Waals surface area contributed by atoms with Crippen molar-refractivity contribution in [3.8, 4) is 17.1 Å². The van der Waals surface area contributed by atoms with Crippen molar-refractivity contribution in [1.29, 1.82) is 0 Å². The quantitative estimate of drug-likeness (QED) is 0.375. The number of aromatic nitrogens is 3. The van der Waals surface area contributed by atoms with E-state index in [4.69, 9.17) is 4.74 Å². The summed E-state index contributed by atoms with van der Waals surface area (Å²) >= 11 is 3.33. The van der Waals surface area contributed by atoms with E-state index in [0.717, 1.165) is 38.9 Å². The summed E-state index contributed by atoms with van der Waals surface area (Å²) in [6.45, 7) is 0.547. The number of thiophene rings is 2. The molecule has 4 aromatic heterocycles. The van der Waals surface area contributed by atoms with Crippen molar-refractivity contribution in [1.82, 2.24) is 20.5 Å². The van der Waals surface area contributed by atoms with Crippen molar-refractivity contribution < 1.29 is 9.53 Å². The second-order valence-electron chi connectivity index (χ2n) is 6.31. The third kappa shape index (κ3) is 3.28. The van der Waals surface area contributed by atoms with E-state index in [0.29, 0.717) is 12.3 Å². The molecule has 1 aromatic carbocycles. The Bertz CT molecular complexity index is 1250. The number of fused-ring (bicyclic) bond motifs is 2. The first-order valence-corrected chi connectivity index (χ1v) is 10.5. The van der Waals surface area contributed by atoms with Gasteiger partial charge in [0.25, 0.3) is 0 Å². The molecule has 28 heavy (non-hydrogen) atoms. The lowest BCUT2D eigenvalue weighted by atomic mass is 10.2. The molecule has 0 unspecified atom stereocenters. The molecule has 0 spiro atoms. The Kier molecular flexibility index (Phi) is 4.34. The molecule has 5 rings (SSSR count). The number of H-pyrrole nitrogens is 2. The van der Waals surface area contributed by atoms with Gasteiger partial charge in [0.05, 0.1) is 15.9 Å². The van der Waals surface area contributed by atoms with Crippen LogP contribution in [-0.4, -0.2) is 27.8 Å². The SMILES string of the molecule is O=C(NCCc1cccs1)Oc1ccc2[nH]c(-c3n[nH]c4ccsc34)cc2c1. The maximum absolute atomic E-state index is 12.0. The van der Waals surface area contributed by atoms with Crippen LogP contribution < -0.4 is 10.1 Å². The molecular weight excluding hydrogens is 392 g/mol. The number of ether oxygens (including phenoxy) is 1. The minimum atomic E-state index is -0.445. The van der Waals surface area contributed by atoms with Crippen LogP contribution in [0, 0.1) is 0 Å². The fraction of sp³-hybridized carbons (Fsp3) is 0.100. The van der Waals surface area contributed by atoms with Gasteiger partial charge in [0, 0.05) is 22.3 Å². The topological polar surface area (TPSA) is 82.8 Å². The summed E-state index contributed by atoms with van der Waals surface area (Å²) in [6.07, 6.45) is 0.354. The van der Waals surface area contributed by atoms with Gasteiger partial charge in [-0.25, -0.2) is 4.79 Å². The molecule has 3 N–H and O–H groups in total. The number of nitrogens with zero attached hydrogens (tertiary/aromatic N) is 1. The van der Waals surface area contributed by atoms with Crippen molar-refractivity contribution in [3.63, 3.8) is 0 Å². The van der Waals surface area contributed by atoms with Crippen molar-refractivity contribution in [3.05, 3.63) is 58.1 Å². The van der Waals surface area contributed by atoms with Gasteiger partial charge in [-0.15, -0.1) is 22.7 Å². The Morgan fingerprint density at radius 1 is 1.11 bits per heavy atom. The molecular formula is C20H16N4O2S2. The zero-order valence-electron chi connectivity index (χ0n) is 14.7. The van der Waals surface area contributed by atoms with Gasteiger partial charge in [-0.05, 0) is 53.6 Å². The van der Waals surface area contributed by atoms with E-state index in [1.54, 1.807) is 28.7 Å². The molecule has 0 saturated heterocycles. The lowest BCUT2D eigenvalue weighted by Crippen LogP contribution is -2.28. The average molecular weight is 409 g/mol. The number of amides is 1. The predicted molar refractivity (Wildman–Crippen MR) is 113 cm³/mol. The van der Waals surface area contributed by atoms with Gasteiger partial charge in [-0.3, -0.25) is 5.10 Å². The molecule has 0 fully saturated rings. The van der Waals surface area contributed by atoms with Crippen LogP contribution >= 0.6 is 22.7 Å². The Labute approximate surface area is 168 Å². The lowest BCUT2D eigenvalue weighted by molar-refractivity contribution is 0.200. The number of hydrogen-bond acceptors (Lipinski definition) is 5. The van der Waals surface area contributed by atoms with Gasteiger partial charge in [0.2, 0.25) is 0 Å². The summed E-state index contributed by atoms with van der Waals surface area (Å²) in [5.41, 5.74) is 3.83. The van der Waals surface area contributed by atoms with Gasteiger partial charge in [0.1, 0.15) is 11.4 Å². The van der Waals surface area contributed by atoms with Crippen molar-refractivity contribution in [2.75, 3.05) is 6.54 Å². The number of carbonyl (C=O) groups is 1. The largest absolute Gasteiger partial charge is 0.412 e. The van der Waals surface area contributed by atoms with Crippen LogP contribution in [0.5, 0.6) is 5.75 Å². The maximum Gasteiger partial charge on any atom is 0.412 e. The lowest BCUT2D eigenvalue weighted by Gasteiger charge is -2.06. The molecule has 0 bridgehead atoms. The van der Waals surface area contributed by atoms with E-state index in [1.807, 2.05) is 41.1 Å². The molecule has 4 heterocycles. The Balaban J connectivity index is 1.29. The molecule has 0 aliphatic carbocycles. The summed E-state index contributed by atoms with van der Waals surface area (Å²) in [5.74, 6) is 0.509. The molecule has 140 valence electrons. The van der Waals surface area contributed by atoms with E-state index in [-0.39, 0.29) is 0 Å². The van der Waals surface area contributed by atoms with Crippen molar-refractivity contribution in [2.24, 2.45) is 0 Å². The highest BCUT2D eigenvalue weighted by atomic mass is 32.1. The molecule has 8 heteroatoms. The summed E-state index contributed by atoms with van der Waals surface area (Å²) in [5, 5.41) is 15.3. The van der Waals surface area contributed by atoms with Crippen LogP contribution in [0.1, 0.15) is 4.88 Å². The van der Waals surface area contributed by atoms with E-state index < -0.39 is 6.09 Å². The number of hydrogen-bond donors (Lipinski definition) is 3. The molecule has 0 radical (unpaired) electrons. The summed E-state index contributed by atoms with van der Waals surface area (Å²) < 4.78 is 6.54. The minimum Gasteiger partial charge on any atom is -0.410 e. The van der Waals surface area contributed by atoms with Gasteiger partial charge in [-0.1, -0.05) is 6.07 Å². The molecule has 0 atom stereocenters. The first-order valence-electron chi connectivity index (χ1n) is 8.79. The normalized spacial score (nSPS) is 11.3. The van der Waals surface area contributed by atoms with Gasteiger partial charge >= 0.3 is 6.09 Å². The van der Waals surface area contributed by atoms with E-state index in [1.165, 1.54) is 4.88 Å². The monoisotopic (exact) mass is 408 g/mol.